The molecule has 0 bridgehead atoms. The Kier molecular flexibility index (Phi) is 3.24. The zero-order valence-corrected chi connectivity index (χ0v) is 9.38. The molecule has 3 heteroatoms. The molecule has 0 heterocycles. The number of aryl methyl sites for hydroxylation is 2. The van der Waals surface area contributed by atoms with Gasteiger partial charge in [-0.2, -0.15) is 0 Å². The van der Waals surface area contributed by atoms with Crippen molar-refractivity contribution in [1.82, 2.24) is 0 Å². The van der Waals surface area contributed by atoms with Crippen molar-refractivity contribution in [3.05, 3.63) is 28.8 Å². The highest BCUT2D eigenvalue weighted by Gasteiger charge is 2.18. The summed E-state index contributed by atoms with van der Waals surface area (Å²) < 4.78 is 5.13. The fraction of sp³-hybridized carbons (Fsp3) is 0.333. The number of ketones is 2. The van der Waals surface area contributed by atoms with E-state index in [1.165, 1.54) is 14.0 Å². The molecule has 3 nitrogen and oxygen atoms in total. The molecule has 0 amide bonds. The Morgan fingerprint density at radius 1 is 1.20 bits per heavy atom. The first kappa shape index (κ1) is 11.4. The maximum absolute atomic E-state index is 11.6. The van der Waals surface area contributed by atoms with Crippen molar-refractivity contribution >= 4 is 11.6 Å². The number of ether oxygens (including phenoxy) is 1. The number of benzene rings is 1. The van der Waals surface area contributed by atoms with Gasteiger partial charge < -0.3 is 4.74 Å². The van der Waals surface area contributed by atoms with Crippen LogP contribution in [0.25, 0.3) is 0 Å². The molecule has 0 aliphatic rings. The van der Waals surface area contributed by atoms with E-state index in [0.29, 0.717) is 11.3 Å². The highest BCUT2D eigenvalue weighted by Crippen LogP contribution is 2.25. The predicted molar refractivity (Wildman–Crippen MR) is 57.5 cm³/mol. The first-order valence-electron chi connectivity index (χ1n) is 4.68. The van der Waals surface area contributed by atoms with Crippen molar-refractivity contribution in [2.45, 2.75) is 20.8 Å². The summed E-state index contributed by atoms with van der Waals surface area (Å²) in [4.78, 5) is 22.6. The van der Waals surface area contributed by atoms with Gasteiger partial charge in [-0.1, -0.05) is 6.07 Å². The summed E-state index contributed by atoms with van der Waals surface area (Å²) in [6, 6.07) is 3.59. The minimum Gasteiger partial charge on any atom is -0.496 e. The first-order chi connectivity index (χ1) is 6.97. The van der Waals surface area contributed by atoms with Gasteiger partial charge in [-0.3, -0.25) is 9.59 Å². The van der Waals surface area contributed by atoms with E-state index in [2.05, 4.69) is 0 Å². The quantitative estimate of drug-likeness (QED) is 0.561. The molecule has 0 radical (unpaired) electrons. The highest BCUT2D eigenvalue weighted by molar-refractivity contribution is 6.43. The minimum absolute atomic E-state index is 0.350. The number of methoxy groups -OCH3 is 1. The van der Waals surface area contributed by atoms with Crippen LogP contribution in [0.5, 0.6) is 5.75 Å². The van der Waals surface area contributed by atoms with Crippen molar-refractivity contribution in [3.8, 4) is 5.75 Å². The second kappa shape index (κ2) is 4.26. The van der Waals surface area contributed by atoms with Gasteiger partial charge in [0.05, 0.1) is 12.7 Å². The van der Waals surface area contributed by atoms with Gasteiger partial charge in [-0.25, -0.2) is 0 Å². The van der Waals surface area contributed by atoms with E-state index in [4.69, 9.17) is 4.74 Å². The van der Waals surface area contributed by atoms with Crippen LogP contribution >= 0.6 is 0 Å². The number of rotatable bonds is 3. The second-order valence-electron chi connectivity index (χ2n) is 3.55. The summed E-state index contributed by atoms with van der Waals surface area (Å²) >= 11 is 0. The van der Waals surface area contributed by atoms with Gasteiger partial charge in [-0.15, -0.1) is 0 Å². The lowest BCUT2D eigenvalue weighted by Gasteiger charge is -2.10. The summed E-state index contributed by atoms with van der Waals surface area (Å²) in [6.07, 6.45) is 0. The van der Waals surface area contributed by atoms with Gasteiger partial charge in [0.1, 0.15) is 5.75 Å². The van der Waals surface area contributed by atoms with Crippen LogP contribution in [0.2, 0.25) is 0 Å². The third-order valence-electron chi connectivity index (χ3n) is 2.19. The fourth-order valence-electron chi connectivity index (χ4n) is 1.58. The Hall–Kier alpha value is -1.64. The largest absolute Gasteiger partial charge is 0.496 e. The molecule has 0 spiro atoms. The Morgan fingerprint density at radius 3 is 2.27 bits per heavy atom. The average Bonchev–Trinajstić information content (AvgIpc) is 2.15. The van der Waals surface area contributed by atoms with Crippen LogP contribution in [0.15, 0.2) is 12.1 Å². The van der Waals surface area contributed by atoms with Gasteiger partial charge in [0.15, 0.2) is 5.78 Å². The van der Waals surface area contributed by atoms with Crippen LogP contribution in [-0.4, -0.2) is 18.7 Å². The molecule has 0 saturated heterocycles. The van der Waals surface area contributed by atoms with E-state index >= 15 is 0 Å². The van der Waals surface area contributed by atoms with Crippen molar-refractivity contribution in [1.29, 1.82) is 0 Å². The molecule has 0 fully saturated rings. The van der Waals surface area contributed by atoms with Gasteiger partial charge in [-0.05, 0) is 31.0 Å². The molecule has 0 aliphatic heterocycles. The van der Waals surface area contributed by atoms with E-state index in [9.17, 15) is 9.59 Å². The Labute approximate surface area is 89.1 Å². The lowest BCUT2D eigenvalue weighted by atomic mass is 10.0. The topological polar surface area (TPSA) is 43.4 Å². The Bertz CT molecular complexity index is 419. The van der Waals surface area contributed by atoms with Gasteiger partial charge in [0, 0.05) is 6.92 Å². The van der Waals surface area contributed by atoms with Crippen LogP contribution in [0.3, 0.4) is 0 Å². The average molecular weight is 206 g/mol. The van der Waals surface area contributed by atoms with Crippen LogP contribution in [0.4, 0.5) is 0 Å². The highest BCUT2D eigenvalue weighted by atomic mass is 16.5. The Morgan fingerprint density at radius 2 is 1.80 bits per heavy atom. The number of hydrogen-bond donors (Lipinski definition) is 0. The molecular weight excluding hydrogens is 192 g/mol. The standard InChI is InChI=1S/C12H14O3/c1-7-5-8(2)12(15-4)10(6-7)11(14)9(3)13/h5-6H,1-4H3. The number of carbonyl (C=O) groups excluding carboxylic acids is 2. The third kappa shape index (κ3) is 2.24. The van der Waals surface area contributed by atoms with Crippen molar-refractivity contribution < 1.29 is 14.3 Å². The van der Waals surface area contributed by atoms with Crippen LogP contribution < -0.4 is 4.74 Å². The monoisotopic (exact) mass is 206 g/mol. The summed E-state index contributed by atoms with van der Waals surface area (Å²) in [5.74, 6) is -0.488. The molecule has 1 rings (SSSR count). The van der Waals surface area contributed by atoms with Crippen LogP contribution in [-0.2, 0) is 4.79 Å². The van der Waals surface area contributed by atoms with Crippen LogP contribution in [0, 0.1) is 13.8 Å². The number of Topliss-reactive ketones (excluding diaryl/α,β-unsaturated/α-hetero) is 2. The molecular formula is C12H14O3. The normalized spacial score (nSPS) is 9.87. The molecule has 0 atom stereocenters. The van der Waals surface area contributed by atoms with Crippen LogP contribution in [0.1, 0.15) is 28.4 Å². The maximum Gasteiger partial charge on any atom is 0.232 e. The maximum atomic E-state index is 11.6. The van der Waals surface area contributed by atoms with Crippen molar-refractivity contribution in [2.24, 2.45) is 0 Å². The Balaban J connectivity index is 3.38. The second-order valence-corrected chi connectivity index (χ2v) is 3.55. The van der Waals surface area contributed by atoms with Crippen molar-refractivity contribution in [3.63, 3.8) is 0 Å². The molecule has 0 saturated carbocycles. The summed E-state index contributed by atoms with van der Waals surface area (Å²) in [5, 5.41) is 0. The van der Waals surface area contributed by atoms with E-state index in [1.54, 1.807) is 6.07 Å². The lowest BCUT2D eigenvalue weighted by molar-refractivity contribution is -0.113. The molecule has 0 aromatic heterocycles. The predicted octanol–water partition coefficient (Wildman–Crippen LogP) is 2.08. The molecule has 15 heavy (non-hydrogen) atoms. The zero-order chi connectivity index (χ0) is 11.6. The lowest BCUT2D eigenvalue weighted by Crippen LogP contribution is -2.12. The van der Waals surface area contributed by atoms with E-state index in [0.717, 1.165) is 11.1 Å². The zero-order valence-electron chi connectivity index (χ0n) is 9.38. The molecule has 0 N–H and O–H groups in total. The first-order valence-corrected chi connectivity index (χ1v) is 4.68. The fourth-order valence-corrected chi connectivity index (χ4v) is 1.58. The summed E-state index contributed by atoms with van der Waals surface area (Å²) in [7, 11) is 1.49. The smallest absolute Gasteiger partial charge is 0.232 e. The van der Waals surface area contributed by atoms with E-state index < -0.39 is 11.6 Å². The van der Waals surface area contributed by atoms with Gasteiger partial charge in [0.25, 0.3) is 0 Å². The SMILES string of the molecule is COc1c(C)cc(C)cc1C(=O)C(C)=O. The van der Waals surface area contributed by atoms with E-state index in [-0.39, 0.29) is 0 Å². The molecule has 80 valence electrons. The van der Waals surface area contributed by atoms with E-state index in [1.807, 2.05) is 19.9 Å². The summed E-state index contributed by atoms with van der Waals surface area (Å²) in [5.41, 5.74) is 2.16. The number of hydrogen-bond acceptors (Lipinski definition) is 3. The van der Waals surface area contributed by atoms with Gasteiger partial charge >= 0.3 is 0 Å². The van der Waals surface area contributed by atoms with Crippen molar-refractivity contribution in [2.75, 3.05) is 7.11 Å². The molecule has 1 aromatic carbocycles. The summed E-state index contributed by atoms with van der Waals surface area (Å²) in [6.45, 7) is 4.99. The number of carbonyl (C=O) groups is 2. The minimum atomic E-state index is -0.501. The molecule has 0 aliphatic carbocycles. The molecule has 0 unspecified atom stereocenters. The third-order valence-corrected chi connectivity index (χ3v) is 2.19. The molecule has 1 aromatic rings. The van der Waals surface area contributed by atoms with Gasteiger partial charge in [0.2, 0.25) is 5.78 Å².